The second-order valence-corrected chi connectivity index (χ2v) is 10.00. The molecule has 2 aromatic carbocycles. The molecule has 6 nitrogen and oxygen atoms in total. The molecule has 7 heteroatoms. The van der Waals surface area contributed by atoms with Crippen LogP contribution in [0.4, 0.5) is 0 Å². The Hall–Kier alpha value is -3.03. The largest absolute Gasteiger partial charge is 0.289 e. The highest BCUT2D eigenvalue weighted by atomic mass is 32.2. The predicted octanol–water partition coefficient (Wildman–Crippen LogP) is 4.23. The molecule has 1 fully saturated rings. The third-order valence-corrected chi connectivity index (χ3v) is 7.77. The number of hydrogen-bond acceptors (Lipinski definition) is 4. The van der Waals surface area contributed by atoms with E-state index < -0.39 is 10.0 Å². The van der Waals surface area contributed by atoms with Gasteiger partial charge in [-0.1, -0.05) is 30.3 Å². The second-order valence-electron chi connectivity index (χ2n) is 8.06. The number of aromatic nitrogens is 2. The number of allylic oxidation sites excluding steroid dienone is 1. The van der Waals surface area contributed by atoms with Crippen LogP contribution in [0.5, 0.6) is 0 Å². The molecular weight excluding hydrogens is 422 g/mol. The molecule has 0 radical (unpaired) electrons. The molecule has 1 saturated heterocycles. The third-order valence-electron chi connectivity index (χ3n) is 5.86. The number of benzene rings is 2. The van der Waals surface area contributed by atoms with E-state index in [1.54, 1.807) is 18.2 Å². The number of sulfonamides is 1. The molecule has 2 heterocycles. The average Bonchev–Trinajstić information content (AvgIpc) is 3.43. The van der Waals surface area contributed by atoms with E-state index in [2.05, 4.69) is 17.2 Å². The van der Waals surface area contributed by atoms with Crippen LogP contribution in [0.15, 0.2) is 65.6 Å². The summed E-state index contributed by atoms with van der Waals surface area (Å²) in [6.07, 6.45) is 5.09. The number of carbonyl (C=O) groups is 1. The Bertz CT molecular complexity index is 1240. The lowest BCUT2D eigenvalue weighted by Gasteiger charge is -2.15. The molecule has 0 aliphatic carbocycles. The van der Waals surface area contributed by atoms with Gasteiger partial charge in [0.25, 0.3) is 0 Å². The minimum atomic E-state index is -3.48. The summed E-state index contributed by atoms with van der Waals surface area (Å²) in [7, 11) is -3.48. The Kier molecular flexibility index (Phi) is 6.39. The molecule has 0 unspecified atom stereocenters. The highest BCUT2D eigenvalue weighted by Crippen LogP contribution is 2.22. The van der Waals surface area contributed by atoms with Crippen molar-refractivity contribution >= 4 is 21.9 Å². The molecule has 166 valence electrons. The lowest BCUT2D eigenvalue weighted by atomic mass is 10.1. The molecular formula is C25H27N3O3S. The van der Waals surface area contributed by atoms with Gasteiger partial charge in [0, 0.05) is 29.9 Å². The van der Waals surface area contributed by atoms with Gasteiger partial charge >= 0.3 is 0 Å². The predicted molar refractivity (Wildman–Crippen MR) is 125 cm³/mol. The summed E-state index contributed by atoms with van der Waals surface area (Å²) < 4.78 is 28.7. The van der Waals surface area contributed by atoms with Crippen LogP contribution in [0.25, 0.3) is 6.08 Å². The first kappa shape index (κ1) is 22.2. The van der Waals surface area contributed by atoms with Crippen molar-refractivity contribution in [2.45, 2.75) is 38.1 Å². The van der Waals surface area contributed by atoms with Crippen molar-refractivity contribution in [2.24, 2.45) is 0 Å². The fourth-order valence-electron chi connectivity index (χ4n) is 3.99. The van der Waals surface area contributed by atoms with Crippen molar-refractivity contribution in [1.29, 1.82) is 0 Å². The van der Waals surface area contributed by atoms with Crippen LogP contribution < -0.4 is 0 Å². The van der Waals surface area contributed by atoms with Gasteiger partial charge < -0.3 is 0 Å². The van der Waals surface area contributed by atoms with E-state index in [1.807, 2.05) is 36.7 Å². The van der Waals surface area contributed by atoms with Crippen LogP contribution >= 0.6 is 0 Å². The standard InChI is InChI=1S/C25H27N3O3S/c1-19-24(20(2)28(26-19)18-21-8-4-3-5-9-21)14-15-25(29)22-10-12-23(13-11-22)32(30,31)27-16-6-7-17-27/h3-5,8-15H,6-7,16-18H2,1-2H3. The molecule has 0 atom stereocenters. The van der Waals surface area contributed by atoms with Gasteiger partial charge in [0.05, 0.1) is 17.1 Å². The van der Waals surface area contributed by atoms with Crippen LogP contribution in [-0.4, -0.2) is 41.4 Å². The Morgan fingerprint density at radius 1 is 1.00 bits per heavy atom. The summed E-state index contributed by atoms with van der Waals surface area (Å²) in [5, 5.41) is 4.62. The van der Waals surface area contributed by atoms with Gasteiger partial charge in [0.2, 0.25) is 10.0 Å². The Morgan fingerprint density at radius 2 is 1.66 bits per heavy atom. The van der Waals surface area contributed by atoms with Crippen molar-refractivity contribution in [1.82, 2.24) is 14.1 Å². The number of ketones is 1. The quantitative estimate of drug-likeness (QED) is 0.400. The van der Waals surface area contributed by atoms with E-state index in [4.69, 9.17) is 0 Å². The Balaban J connectivity index is 1.49. The first-order valence-electron chi connectivity index (χ1n) is 10.8. The van der Waals surface area contributed by atoms with Gasteiger partial charge in [-0.05, 0) is 68.7 Å². The number of nitrogens with zero attached hydrogens (tertiary/aromatic N) is 3. The van der Waals surface area contributed by atoms with Crippen LogP contribution in [0.1, 0.15) is 45.7 Å². The molecule has 1 aliphatic heterocycles. The first-order chi connectivity index (χ1) is 15.4. The summed E-state index contributed by atoms with van der Waals surface area (Å²) in [5.74, 6) is -0.176. The molecule has 4 rings (SSSR count). The van der Waals surface area contributed by atoms with Crippen LogP contribution in [0, 0.1) is 13.8 Å². The molecule has 0 spiro atoms. The molecule has 3 aromatic rings. The summed E-state index contributed by atoms with van der Waals surface area (Å²) in [4.78, 5) is 12.9. The van der Waals surface area contributed by atoms with Crippen LogP contribution in [-0.2, 0) is 16.6 Å². The second kappa shape index (κ2) is 9.22. The molecule has 0 amide bonds. The maximum atomic E-state index is 12.7. The first-order valence-corrected chi connectivity index (χ1v) is 12.2. The summed E-state index contributed by atoms with van der Waals surface area (Å²) in [6, 6.07) is 16.3. The molecule has 1 aliphatic rings. The van der Waals surface area contributed by atoms with E-state index in [0.29, 0.717) is 25.2 Å². The zero-order valence-corrected chi connectivity index (χ0v) is 19.2. The van der Waals surface area contributed by atoms with Gasteiger partial charge in [-0.25, -0.2) is 8.42 Å². The normalized spacial score (nSPS) is 14.9. The lowest BCUT2D eigenvalue weighted by molar-refractivity contribution is 0.104. The number of rotatable bonds is 7. The summed E-state index contributed by atoms with van der Waals surface area (Å²) in [6.45, 7) is 5.70. The van der Waals surface area contributed by atoms with Gasteiger partial charge in [-0.15, -0.1) is 0 Å². The summed E-state index contributed by atoms with van der Waals surface area (Å²) >= 11 is 0. The van der Waals surface area contributed by atoms with E-state index in [1.165, 1.54) is 22.5 Å². The van der Waals surface area contributed by atoms with Gasteiger partial charge in [0.15, 0.2) is 5.78 Å². The van der Waals surface area contributed by atoms with Crippen LogP contribution in [0.2, 0.25) is 0 Å². The van der Waals surface area contributed by atoms with Gasteiger partial charge in [-0.3, -0.25) is 9.48 Å². The number of aryl methyl sites for hydroxylation is 1. The molecule has 0 saturated carbocycles. The van der Waals surface area contributed by atoms with Crippen molar-refractivity contribution in [2.75, 3.05) is 13.1 Å². The van der Waals surface area contributed by atoms with Crippen molar-refractivity contribution in [3.05, 3.63) is 88.8 Å². The average molecular weight is 450 g/mol. The Morgan fingerprint density at radius 3 is 2.31 bits per heavy atom. The fourth-order valence-corrected chi connectivity index (χ4v) is 5.50. The Labute approximate surface area is 189 Å². The molecule has 0 bridgehead atoms. The minimum absolute atomic E-state index is 0.176. The lowest BCUT2D eigenvalue weighted by Crippen LogP contribution is -2.27. The fraction of sp³-hybridized carbons (Fsp3) is 0.280. The van der Waals surface area contributed by atoms with Crippen molar-refractivity contribution in [3.8, 4) is 0 Å². The zero-order valence-electron chi connectivity index (χ0n) is 18.4. The van der Waals surface area contributed by atoms with Gasteiger partial charge in [-0.2, -0.15) is 9.40 Å². The smallest absolute Gasteiger partial charge is 0.243 e. The van der Waals surface area contributed by atoms with E-state index in [-0.39, 0.29) is 10.7 Å². The monoisotopic (exact) mass is 449 g/mol. The highest BCUT2D eigenvalue weighted by Gasteiger charge is 2.27. The van der Waals surface area contributed by atoms with E-state index >= 15 is 0 Å². The minimum Gasteiger partial charge on any atom is -0.289 e. The van der Waals surface area contributed by atoms with Crippen molar-refractivity contribution in [3.63, 3.8) is 0 Å². The highest BCUT2D eigenvalue weighted by molar-refractivity contribution is 7.89. The maximum absolute atomic E-state index is 12.7. The molecule has 32 heavy (non-hydrogen) atoms. The van der Waals surface area contributed by atoms with E-state index in [9.17, 15) is 13.2 Å². The molecule has 1 aromatic heterocycles. The molecule has 0 N–H and O–H groups in total. The topological polar surface area (TPSA) is 72.3 Å². The third kappa shape index (κ3) is 4.59. The van der Waals surface area contributed by atoms with Crippen molar-refractivity contribution < 1.29 is 13.2 Å². The van der Waals surface area contributed by atoms with Crippen LogP contribution in [0.3, 0.4) is 0 Å². The maximum Gasteiger partial charge on any atom is 0.243 e. The number of hydrogen-bond donors (Lipinski definition) is 0. The number of carbonyl (C=O) groups excluding carboxylic acids is 1. The zero-order chi connectivity index (χ0) is 22.7. The summed E-state index contributed by atoms with van der Waals surface area (Å²) in [5.41, 5.74) is 4.38. The SMILES string of the molecule is Cc1nn(Cc2ccccc2)c(C)c1C=CC(=O)c1ccc(S(=O)(=O)N2CCCC2)cc1. The van der Waals surface area contributed by atoms with Gasteiger partial charge in [0.1, 0.15) is 0 Å². The van der Waals surface area contributed by atoms with E-state index in [0.717, 1.165) is 35.4 Å².